The van der Waals surface area contributed by atoms with Crippen molar-refractivity contribution in [2.24, 2.45) is 7.05 Å². The molecule has 0 spiro atoms. The third-order valence-electron chi connectivity index (χ3n) is 4.27. The average Bonchev–Trinajstić information content (AvgIpc) is 3.19. The maximum atomic E-state index is 12.5. The van der Waals surface area contributed by atoms with Gasteiger partial charge in [-0.05, 0) is 29.5 Å². The Kier molecular flexibility index (Phi) is 4.36. The largest absolute Gasteiger partial charge is 0.311 e. The second kappa shape index (κ2) is 6.86. The Morgan fingerprint density at radius 1 is 1.11 bits per heavy atom. The molecule has 8 nitrogen and oxygen atoms in total. The first-order valence-electron chi connectivity index (χ1n) is 8.16. The Morgan fingerprint density at radius 2 is 1.79 bits per heavy atom. The van der Waals surface area contributed by atoms with E-state index in [0.717, 1.165) is 11.8 Å². The van der Waals surface area contributed by atoms with Crippen molar-refractivity contribution >= 4 is 35.1 Å². The van der Waals surface area contributed by atoms with Crippen LogP contribution in [-0.2, 0) is 7.05 Å². The van der Waals surface area contributed by atoms with Crippen LogP contribution in [0.4, 0.5) is 5.69 Å². The highest BCUT2D eigenvalue weighted by Crippen LogP contribution is 2.35. The molecule has 0 saturated carbocycles. The van der Waals surface area contributed by atoms with Crippen LogP contribution in [-0.4, -0.2) is 31.3 Å². The summed E-state index contributed by atoms with van der Waals surface area (Å²) in [5, 5.41) is 19.7. The number of allylic oxidation sites excluding steroid dienone is 1. The van der Waals surface area contributed by atoms with E-state index in [1.165, 1.54) is 18.5 Å². The SMILES string of the molecule is Cn1cnnc1Sc1ccc(C=C2C(=O)c3ccccc3C2=O)cc1[N+](=O)[O-]. The summed E-state index contributed by atoms with van der Waals surface area (Å²) in [5.74, 6) is -0.749. The maximum Gasteiger partial charge on any atom is 0.283 e. The Morgan fingerprint density at radius 3 is 2.36 bits per heavy atom. The zero-order valence-corrected chi connectivity index (χ0v) is 15.3. The molecule has 0 radical (unpaired) electrons. The van der Waals surface area contributed by atoms with E-state index in [1.54, 1.807) is 48.0 Å². The molecule has 3 aromatic rings. The quantitative estimate of drug-likeness (QED) is 0.290. The van der Waals surface area contributed by atoms with Gasteiger partial charge in [0.2, 0.25) is 0 Å². The zero-order chi connectivity index (χ0) is 19.8. The number of nitro benzene ring substituents is 1. The molecule has 1 aromatic heterocycles. The van der Waals surface area contributed by atoms with Crippen molar-refractivity contribution < 1.29 is 14.5 Å². The van der Waals surface area contributed by atoms with Gasteiger partial charge in [-0.15, -0.1) is 10.2 Å². The number of ketones is 2. The van der Waals surface area contributed by atoms with Crippen molar-refractivity contribution in [3.63, 3.8) is 0 Å². The van der Waals surface area contributed by atoms with Crippen LogP contribution >= 0.6 is 11.8 Å². The molecule has 0 aliphatic heterocycles. The van der Waals surface area contributed by atoms with Gasteiger partial charge in [0.15, 0.2) is 16.7 Å². The van der Waals surface area contributed by atoms with Crippen molar-refractivity contribution in [1.29, 1.82) is 0 Å². The summed E-state index contributed by atoms with van der Waals surface area (Å²) in [6, 6.07) is 11.1. The molecule has 0 saturated heterocycles. The van der Waals surface area contributed by atoms with Crippen molar-refractivity contribution in [1.82, 2.24) is 14.8 Å². The standard InChI is InChI=1S/C19H12N4O4S/c1-22-10-20-21-19(22)28-16-7-6-11(9-15(16)23(26)27)8-14-17(24)12-4-2-3-5-13(12)18(14)25/h2-10H,1H3. The number of hydrogen-bond donors (Lipinski definition) is 0. The summed E-state index contributed by atoms with van der Waals surface area (Å²) in [4.78, 5) is 36.4. The maximum absolute atomic E-state index is 12.5. The highest BCUT2D eigenvalue weighted by atomic mass is 32.2. The summed E-state index contributed by atoms with van der Waals surface area (Å²) in [5.41, 5.74) is 0.964. The summed E-state index contributed by atoms with van der Waals surface area (Å²) in [6.45, 7) is 0. The molecule has 1 heterocycles. The summed E-state index contributed by atoms with van der Waals surface area (Å²) >= 11 is 1.11. The molecular weight excluding hydrogens is 380 g/mol. The van der Waals surface area contributed by atoms with Gasteiger partial charge in [-0.3, -0.25) is 19.7 Å². The number of aromatic nitrogens is 3. The van der Waals surface area contributed by atoms with E-state index in [-0.39, 0.29) is 22.8 Å². The number of benzene rings is 2. The molecule has 138 valence electrons. The number of nitro groups is 1. The smallest absolute Gasteiger partial charge is 0.283 e. The summed E-state index contributed by atoms with van der Waals surface area (Å²) < 4.78 is 1.65. The molecule has 1 aliphatic carbocycles. The molecule has 0 unspecified atom stereocenters. The van der Waals surface area contributed by atoms with Gasteiger partial charge >= 0.3 is 0 Å². The molecule has 0 bridgehead atoms. The number of carbonyl (C=O) groups excluding carboxylic acids is 2. The Bertz CT molecular complexity index is 1150. The lowest BCUT2D eigenvalue weighted by atomic mass is 10.1. The van der Waals surface area contributed by atoms with Crippen LogP contribution in [0.1, 0.15) is 26.3 Å². The highest BCUT2D eigenvalue weighted by molar-refractivity contribution is 7.99. The van der Waals surface area contributed by atoms with Crippen LogP contribution in [0.3, 0.4) is 0 Å². The van der Waals surface area contributed by atoms with E-state index < -0.39 is 4.92 Å². The normalized spacial score (nSPS) is 13.0. The lowest BCUT2D eigenvalue weighted by Gasteiger charge is -2.04. The van der Waals surface area contributed by atoms with Crippen LogP contribution in [0.25, 0.3) is 6.08 Å². The molecule has 0 amide bonds. The number of fused-ring (bicyclic) bond motifs is 1. The van der Waals surface area contributed by atoms with Crippen molar-refractivity contribution in [2.45, 2.75) is 10.1 Å². The van der Waals surface area contributed by atoms with E-state index in [9.17, 15) is 19.7 Å². The van der Waals surface area contributed by atoms with E-state index in [1.807, 2.05) is 0 Å². The number of aryl methyl sites for hydroxylation is 1. The molecule has 0 N–H and O–H groups in total. The highest BCUT2D eigenvalue weighted by Gasteiger charge is 2.32. The van der Waals surface area contributed by atoms with Crippen molar-refractivity contribution in [3.8, 4) is 0 Å². The van der Waals surface area contributed by atoms with Gasteiger partial charge in [-0.25, -0.2) is 0 Å². The van der Waals surface area contributed by atoms with Gasteiger partial charge in [0.05, 0.1) is 15.4 Å². The van der Waals surface area contributed by atoms with Crippen LogP contribution in [0.5, 0.6) is 0 Å². The Hall–Kier alpha value is -3.59. The average molecular weight is 392 g/mol. The third-order valence-corrected chi connectivity index (χ3v) is 5.38. The zero-order valence-electron chi connectivity index (χ0n) is 14.5. The first kappa shape index (κ1) is 17.8. The molecule has 1 aliphatic rings. The summed E-state index contributed by atoms with van der Waals surface area (Å²) in [6.07, 6.45) is 2.90. The Balaban J connectivity index is 1.72. The third kappa shape index (κ3) is 3.01. The lowest BCUT2D eigenvalue weighted by molar-refractivity contribution is -0.387. The van der Waals surface area contributed by atoms with Crippen LogP contribution < -0.4 is 0 Å². The van der Waals surface area contributed by atoms with Gasteiger partial charge in [-0.2, -0.15) is 0 Å². The van der Waals surface area contributed by atoms with Crippen molar-refractivity contribution in [2.75, 3.05) is 0 Å². The second-order valence-corrected chi connectivity index (χ2v) is 7.08. The first-order valence-corrected chi connectivity index (χ1v) is 8.98. The molecule has 0 fully saturated rings. The predicted molar refractivity (Wildman–Crippen MR) is 101 cm³/mol. The minimum Gasteiger partial charge on any atom is -0.311 e. The van der Waals surface area contributed by atoms with E-state index >= 15 is 0 Å². The summed E-state index contributed by atoms with van der Waals surface area (Å²) in [7, 11) is 1.74. The van der Waals surface area contributed by atoms with Gasteiger partial charge in [0, 0.05) is 24.2 Å². The van der Waals surface area contributed by atoms with E-state index in [4.69, 9.17) is 0 Å². The van der Waals surface area contributed by atoms with E-state index in [0.29, 0.717) is 26.7 Å². The number of carbonyl (C=O) groups is 2. The predicted octanol–water partition coefficient (Wildman–Crippen LogP) is 3.34. The van der Waals surface area contributed by atoms with Crippen LogP contribution in [0.2, 0.25) is 0 Å². The first-order chi connectivity index (χ1) is 13.5. The number of Topliss-reactive ketones (excluding diaryl/α,β-unsaturated/α-hetero) is 2. The fourth-order valence-corrected chi connectivity index (χ4v) is 3.74. The van der Waals surface area contributed by atoms with E-state index in [2.05, 4.69) is 10.2 Å². The minimum atomic E-state index is -0.506. The Labute approximate surface area is 163 Å². The number of nitrogens with zero attached hydrogens (tertiary/aromatic N) is 4. The molecule has 0 atom stereocenters. The van der Waals surface area contributed by atoms with Crippen LogP contribution in [0, 0.1) is 10.1 Å². The van der Waals surface area contributed by atoms with Gasteiger partial charge in [0.1, 0.15) is 6.33 Å². The molecular formula is C19H12N4O4S. The molecule has 2 aromatic carbocycles. The number of rotatable bonds is 4. The van der Waals surface area contributed by atoms with Gasteiger partial charge < -0.3 is 4.57 Å². The number of hydrogen-bond acceptors (Lipinski definition) is 7. The van der Waals surface area contributed by atoms with Gasteiger partial charge in [0.25, 0.3) is 5.69 Å². The molecule has 9 heteroatoms. The fraction of sp³-hybridized carbons (Fsp3) is 0.0526. The van der Waals surface area contributed by atoms with Crippen molar-refractivity contribution in [3.05, 3.63) is 81.2 Å². The molecule has 28 heavy (non-hydrogen) atoms. The topological polar surface area (TPSA) is 108 Å². The monoisotopic (exact) mass is 392 g/mol. The van der Waals surface area contributed by atoms with Crippen LogP contribution in [0.15, 0.2) is 64.4 Å². The lowest BCUT2D eigenvalue weighted by Crippen LogP contribution is -2.00. The van der Waals surface area contributed by atoms with Gasteiger partial charge in [-0.1, -0.05) is 30.3 Å². The fourth-order valence-electron chi connectivity index (χ4n) is 2.89. The second-order valence-electron chi connectivity index (χ2n) is 6.07. The minimum absolute atomic E-state index is 0.00389. The molecule has 4 rings (SSSR count).